The first kappa shape index (κ1) is 21.3. The maximum Gasteiger partial charge on any atom is 0.351 e. The highest BCUT2D eigenvalue weighted by Gasteiger charge is 2.30. The third-order valence-electron chi connectivity index (χ3n) is 4.58. The van der Waals surface area contributed by atoms with Crippen molar-refractivity contribution < 1.29 is 28.2 Å². The monoisotopic (exact) mass is 439 g/mol. The summed E-state index contributed by atoms with van der Waals surface area (Å²) >= 11 is 0. The molecule has 2 atom stereocenters. The quantitative estimate of drug-likeness (QED) is 0.588. The van der Waals surface area contributed by atoms with Gasteiger partial charge >= 0.3 is 11.7 Å². The smallest absolute Gasteiger partial charge is 0.351 e. The highest BCUT2D eigenvalue weighted by Crippen LogP contribution is 2.21. The molecular formula is C22H18FN3O6. The van der Waals surface area contributed by atoms with Gasteiger partial charge in [-0.1, -0.05) is 36.4 Å². The van der Waals surface area contributed by atoms with E-state index in [0.717, 1.165) is 10.8 Å². The number of carbonyl (C=O) groups excluding carboxylic acids is 2. The first-order valence-corrected chi connectivity index (χ1v) is 9.65. The number of nitrogens with one attached hydrogen (secondary N) is 1. The highest BCUT2D eigenvalue weighted by atomic mass is 19.1. The molecule has 2 aromatic carbocycles. The van der Waals surface area contributed by atoms with Crippen LogP contribution in [0.15, 0.2) is 71.7 Å². The zero-order valence-electron chi connectivity index (χ0n) is 16.6. The number of ether oxygens (including phenoxy) is 3. The Morgan fingerprint density at radius 2 is 1.75 bits per heavy atom. The number of aromatic nitrogens is 2. The van der Waals surface area contributed by atoms with Gasteiger partial charge in [-0.15, -0.1) is 0 Å². The van der Waals surface area contributed by atoms with Gasteiger partial charge in [0.1, 0.15) is 6.61 Å². The van der Waals surface area contributed by atoms with Gasteiger partial charge in [0.15, 0.2) is 24.2 Å². The molecule has 4 rings (SSSR count). The van der Waals surface area contributed by atoms with Crippen LogP contribution in [0.4, 0.5) is 10.2 Å². The van der Waals surface area contributed by atoms with Gasteiger partial charge < -0.3 is 19.5 Å². The molecule has 1 amide bonds. The molecule has 9 nitrogen and oxygen atoms in total. The number of halogens is 1. The van der Waals surface area contributed by atoms with Crippen molar-refractivity contribution in [1.29, 1.82) is 0 Å². The first-order chi connectivity index (χ1) is 15.5. The van der Waals surface area contributed by atoms with E-state index in [1.54, 1.807) is 60.7 Å². The van der Waals surface area contributed by atoms with Crippen LogP contribution in [0, 0.1) is 5.82 Å². The van der Waals surface area contributed by atoms with E-state index < -0.39 is 41.7 Å². The van der Waals surface area contributed by atoms with Gasteiger partial charge in [0, 0.05) is 5.56 Å². The number of benzene rings is 2. The van der Waals surface area contributed by atoms with Crippen LogP contribution in [0.5, 0.6) is 0 Å². The highest BCUT2D eigenvalue weighted by molar-refractivity contribution is 6.03. The molecule has 0 radical (unpaired) electrons. The lowest BCUT2D eigenvalue weighted by Gasteiger charge is -2.14. The number of hydrogen-bond acceptors (Lipinski definition) is 7. The summed E-state index contributed by atoms with van der Waals surface area (Å²) in [7, 11) is 0. The summed E-state index contributed by atoms with van der Waals surface area (Å²) in [6.07, 6.45) is -1.02. The second kappa shape index (κ2) is 9.50. The number of rotatable bonds is 6. The average Bonchev–Trinajstić information content (AvgIpc) is 3.29. The van der Waals surface area contributed by atoms with E-state index in [-0.39, 0.29) is 13.2 Å². The minimum Gasteiger partial charge on any atom is -0.457 e. The van der Waals surface area contributed by atoms with E-state index in [0.29, 0.717) is 11.1 Å². The Balaban J connectivity index is 1.38. The molecule has 0 spiro atoms. The van der Waals surface area contributed by atoms with Crippen molar-refractivity contribution in [3.05, 3.63) is 94.3 Å². The zero-order valence-corrected chi connectivity index (χ0v) is 16.6. The van der Waals surface area contributed by atoms with Crippen LogP contribution in [-0.4, -0.2) is 40.9 Å². The molecule has 1 N–H and O–H groups in total. The molecule has 1 aromatic heterocycles. The molecule has 1 fully saturated rings. The summed E-state index contributed by atoms with van der Waals surface area (Å²) < 4.78 is 31.5. The molecule has 32 heavy (non-hydrogen) atoms. The Kier molecular flexibility index (Phi) is 6.34. The Morgan fingerprint density at radius 3 is 2.44 bits per heavy atom. The van der Waals surface area contributed by atoms with Crippen LogP contribution in [-0.2, 0) is 14.2 Å². The molecule has 0 saturated carbocycles. The summed E-state index contributed by atoms with van der Waals surface area (Å²) in [6, 6.07) is 16.5. The van der Waals surface area contributed by atoms with Crippen molar-refractivity contribution >= 4 is 17.7 Å². The van der Waals surface area contributed by atoms with E-state index in [1.165, 1.54) is 0 Å². The van der Waals surface area contributed by atoms with Crippen LogP contribution in [0.1, 0.15) is 26.9 Å². The Morgan fingerprint density at radius 1 is 1.09 bits per heavy atom. The molecule has 164 valence electrons. The number of esters is 1. The number of anilines is 1. The molecule has 0 unspecified atom stereocenters. The van der Waals surface area contributed by atoms with E-state index in [9.17, 15) is 18.8 Å². The zero-order chi connectivity index (χ0) is 22.5. The molecule has 1 aliphatic rings. The van der Waals surface area contributed by atoms with Gasteiger partial charge in [0.05, 0.1) is 18.4 Å². The minimum atomic E-state index is -0.969. The summed E-state index contributed by atoms with van der Waals surface area (Å²) in [5.74, 6) is -2.57. The summed E-state index contributed by atoms with van der Waals surface area (Å²) in [5.41, 5.74) is -0.179. The van der Waals surface area contributed by atoms with Crippen LogP contribution >= 0.6 is 0 Å². The predicted molar refractivity (Wildman–Crippen MR) is 109 cm³/mol. The van der Waals surface area contributed by atoms with Gasteiger partial charge in [-0.2, -0.15) is 4.98 Å². The van der Waals surface area contributed by atoms with Crippen molar-refractivity contribution in [3.8, 4) is 0 Å². The molecule has 1 saturated heterocycles. The largest absolute Gasteiger partial charge is 0.457 e. The van der Waals surface area contributed by atoms with Crippen molar-refractivity contribution in [1.82, 2.24) is 9.55 Å². The standard InChI is InChI=1S/C22H18FN3O6/c23-16-11-26(22(29)25-19(16)24-20(27)14-7-3-1-4-8-14)17-12-30-18(32-17)13-31-21(28)15-9-5-2-6-10-15/h1-11,17-18H,12-13H2,(H,24,25,27,29)/t17-,18-/m0/s1. The molecule has 3 aromatic rings. The fourth-order valence-electron chi connectivity index (χ4n) is 2.99. The Bertz CT molecular complexity index is 1170. The van der Waals surface area contributed by atoms with Crippen LogP contribution in [0.3, 0.4) is 0 Å². The maximum atomic E-state index is 14.5. The maximum absolute atomic E-state index is 14.5. The van der Waals surface area contributed by atoms with Crippen molar-refractivity contribution in [2.75, 3.05) is 18.5 Å². The molecular weight excluding hydrogens is 421 g/mol. The van der Waals surface area contributed by atoms with E-state index in [1.807, 2.05) is 0 Å². The van der Waals surface area contributed by atoms with Crippen molar-refractivity contribution in [2.24, 2.45) is 0 Å². The number of carbonyl (C=O) groups is 2. The second-order valence-electron chi connectivity index (χ2n) is 6.77. The van der Waals surface area contributed by atoms with E-state index in [2.05, 4.69) is 10.3 Å². The molecule has 0 bridgehead atoms. The number of amides is 1. The molecule has 0 aliphatic carbocycles. The topological polar surface area (TPSA) is 109 Å². The van der Waals surface area contributed by atoms with Gasteiger partial charge in [-0.05, 0) is 24.3 Å². The first-order valence-electron chi connectivity index (χ1n) is 9.65. The SMILES string of the molecule is O=C(Nc1nc(=O)n([C@@H]2CO[C@H](COC(=O)c3ccccc3)O2)cc1F)c1ccccc1. The summed E-state index contributed by atoms with van der Waals surface area (Å²) in [5, 5.41) is 2.27. The van der Waals surface area contributed by atoms with Crippen LogP contribution in [0.2, 0.25) is 0 Å². The lowest BCUT2D eigenvalue weighted by Crippen LogP contribution is -2.31. The third-order valence-corrected chi connectivity index (χ3v) is 4.58. The van der Waals surface area contributed by atoms with E-state index >= 15 is 0 Å². The van der Waals surface area contributed by atoms with E-state index in [4.69, 9.17) is 14.2 Å². The Hall–Kier alpha value is -3.89. The van der Waals surface area contributed by atoms with Crippen LogP contribution < -0.4 is 11.0 Å². The number of nitrogens with zero attached hydrogens (tertiary/aromatic N) is 2. The minimum absolute atomic E-state index is 0.0791. The molecule has 1 aliphatic heterocycles. The third kappa shape index (κ3) is 4.88. The summed E-state index contributed by atoms with van der Waals surface area (Å²) in [4.78, 5) is 40.1. The predicted octanol–water partition coefficient (Wildman–Crippen LogP) is 2.36. The van der Waals surface area contributed by atoms with Gasteiger partial charge in [-0.3, -0.25) is 9.36 Å². The lowest BCUT2D eigenvalue weighted by atomic mass is 10.2. The second-order valence-corrected chi connectivity index (χ2v) is 6.77. The average molecular weight is 439 g/mol. The van der Waals surface area contributed by atoms with Gasteiger partial charge in [0.2, 0.25) is 0 Å². The van der Waals surface area contributed by atoms with Crippen LogP contribution in [0.25, 0.3) is 0 Å². The molecule has 10 heteroatoms. The normalized spacial score (nSPS) is 17.7. The van der Waals surface area contributed by atoms with Gasteiger partial charge in [0.25, 0.3) is 5.91 Å². The van der Waals surface area contributed by atoms with Crippen molar-refractivity contribution in [2.45, 2.75) is 12.5 Å². The van der Waals surface area contributed by atoms with Gasteiger partial charge in [-0.25, -0.2) is 14.0 Å². The fourth-order valence-corrected chi connectivity index (χ4v) is 2.99. The number of hydrogen-bond donors (Lipinski definition) is 1. The fraction of sp³-hybridized carbons (Fsp3) is 0.182. The molecule has 2 heterocycles. The summed E-state index contributed by atoms with van der Waals surface area (Å²) in [6.45, 7) is -0.287. The Labute approximate surface area is 181 Å². The lowest BCUT2D eigenvalue weighted by molar-refractivity contribution is -0.103. The van der Waals surface area contributed by atoms with Crippen molar-refractivity contribution in [3.63, 3.8) is 0 Å².